The maximum atomic E-state index is 12.8. The molecule has 0 aromatic heterocycles. The second-order valence-corrected chi connectivity index (χ2v) is 5.19. The summed E-state index contributed by atoms with van der Waals surface area (Å²) in [4.78, 5) is 14.6. The Morgan fingerprint density at radius 3 is 2.47 bits per heavy atom. The average molecular weight is 261 g/mol. The van der Waals surface area contributed by atoms with Crippen LogP contribution in [0.4, 0.5) is 5.69 Å². The number of amides is 1. The average Bonchev–Trinajstić information content (AvgIpc) is 2.96. The third-order valence-electron chi connectivity index (χ3n) is 3.85. The van der Waals surface area contributed by atoms with E-state index in [1.54, 1.807) is 0 Å². The molecule has 1 spiro atoms. The van der Waals surface area contributed by atoms with Gasteiger partial charge in [-0.05, 0) is 31.4 Å². The topological polar surface area (TPSA) is 38.8 Å². The van der Waals surface area contributed by atoms with Crippen molar-refractivity contribution in [2.24, 2.45) is 0 Å². The Morgan fingerprint density at radius 2 is 1.84 bits per heavy atom. The second-order valence-electron chi connectivity index (χ2n) is 5.19. The minimum Gasteiger partial charge on any atom is -0.336 e. The standard InChI is InChI=1S/C15H19NO3/c1-4-7-16-13-11(3)6-5-10(2)12(13)15(14(16)17)18-8-9-19-15/h5-6H,4,7-9H2,1-3H3. The molecule has 4 nitrogen and oxygen atoms in total. The van der Waals surface area contributed by atoms with E-state index in [0.717, 1.165) is 28.8 Å². The van der Waals surface area contributed by atoms with E-state index in [0.29, 0.717) is 19.8 Å². The third kappa shape index (κ3) is 1.56. The van der Waals surface area contributed by atoms with Gasteiger partial charge in [-0.2, -0.15) is 0 Å². The molecule has 0 saturated carbocycles. The predicted octanol–water partition coefficient (Wildman–Crippen LogP) is 2.26. The highest BCUT2D eigenvalue weighted by molar-refractivity contribution is 6.07. The van der Waals surface area contributed by atoms with Gasteiger partial charge >= 0.3 is 0 Å². The highest BCUT2D eigenvalue weighted by atomic mass is 16.7. The molecule has 1 fully saturated rings. The van der Waals surface area contributed by atoms with Gasteiger partial charge in [0.15, 0.2) is 0 Å². The number of anilines is 1. The molecule has 1 aromatic carbocycles. The van der Waals surface area contributed by atoms with Gasteiger partial charge in [0.1, 0.15) is 0 Å². The van der Waals surface area contributed by atoms with Gasteiger partial charge in [0.2, 0.25) is 0 Å². The van der Waals surface area contributed by atoms with Crippen molar-refractivity contribution in [1.82, 2.24) is 0 Å². The number of fused-ring (bicyclic) bond motifs is 2. The molecule has 3 rings (SSSR count). The molecule has 2 heterocycles. The smallest absolute Gasteiger partial charge is 0.292 e. The molecule has 1 aromatic rings. The van der Waals surface area contributed by atoms with Crippen molar-refractivity contribution in [3.05, 3.63) is 28.8 Å². The van der Waals surface area contributed by atoms with Crippen molar-refractivity contribution in [2.75, 3.05) is 24.7 Å². The maximum Gasteiger partial charge on any atom is 0.292 e. The van der Waals surface area contributed by atoms with E-state index in [4.69, 9.17) is 9.47 Å². The first kappa shape index (κ1) is 12.6. The van der Waals surface area contributed by atoms with Gasteiger partial charge in [-0.25, -0.2) is 0 Å². The summed E-state index contributed by atoms with van der Waals surface area (Å²) >= 11 is 0. The second kappa shape index (κ2) is 4.32. The summed E-state index contributed by atoms with van der Waals surface area (Å²) < 4.78 is 11.5. The molecule has 0 unspecified atom stereocenters. The zero-order valence-corrected chi connectivity index (χ0v) is 11.7. The van der Waals surface area contributed by atoms with E-state index in [1.165, 1.54) is 0 Å². The van der Waals surface area contributed by atoms with Crippen LogP contribution < -0.4 is 4.90 Å². The first-order valence-corrected chi connectivity index (χ1v) is 6.82. The van der Waals surface area contributed by atoms with Crippen LogP contribution in [0.25, 0.3) is 0 Å². The number of hydrogen-bond donors (Lipinski definition) is 0. The van der Waals surface area contributed by atoms with Gasteiger partial charge in [-0.3, -0.25) is 4.79 Å². The summed E-state index contributed by atoms with van der Waals surface area (Å²) in [5, 5.41) is 0. The molecule has 19 heavy (non-hydrogen) atoms. The van der Waals surface area contributed by atoms with E-state index in [1.807, 2.05) is 24.8 Å². The monoisotopic (exact) mass is 261 g/mol. The van der Waals surface area contributed by atoms with Crippen molar-refractivity contribution in [3.63, 3.8) is 0 Å². The number of nitrogens with zero attached hydrogens (tertiary/aromatic N) is 1. The Hall–Kier alpha value is -1.39. The fraction of sp³-hybridized carbons (Fsp3) is 0.533. The zero-order chi connectivity index (χ0) is 13.6. The molecule has 2 aliphatic heterocycles. The summed E-state index contributed by atoms with van der Waals surface area (Å²) in [6.45, 7) is 7.75. The van der Waals surface area contributed by atoms with Gasteiger partial charge in [0, 0.05) is 12.1 Å². The normalized spacial score (nSPS) is 20.4. The van der Waals surface area contributed by atoms with E-state index >= 15 is 0 Å². The van der Waals surface area contributed by atoms with Gasteiger partial charge in [-0.15, -0.1) is 0 Å². The maximum absolute atomic E-state index is 12.8. The molecule has 0 N–H and O–H groups in total. The van der Waals surface area contributed by atoms with Crippen molar-refractivity contribution in [2.45, 2.75) is 33.0 Å². The van der Waals surface area contributed by atoms with E-state index < -0.39 is 5.79 Å². The lowest BCUT2D eigenvalue weighted by Crippen LogP contribution is -2.41. The Labute approximate surface area is 113 Å². The van der Waals surface area contributed by atoms with Crippen LogP contribution in [-0.2, 0) is 20.1 Å². The molecule has 1 saturated heterocycles. The highest BCUT2D eigenvalue weighted by Gasteiger charge is 2.56. The zero-order valence-electron chi connectivity index (χ0n) is 11.7. The van der Waals surface area contributed by atoms with Crippen LogP contribution in [0.1, 0.15) is 30.0 Å². The summed E-state index contributed by atoms with van der Waals surface area (Å²) in [5.74, 6) is -1.25. The lowest BCUT2D eigenvalue weighted by Gasteiger charge is -2.22. The van der Waals surface area contributed by atoms with Crippen LogP contribution in [0.15, 0.2) is 12.1 Å². The van der Waals surface area contributed by atoms with Gasteiger partial charge in [0.05, 0.1) is 18.9 Å². The van der Waals surface area contributed by atoms with Crippen molar-refractivity contribution in [1.29, 1.82) is 0 Å². The Balaban J connectivity index is 2.24. The first-order chi connectivity index (χ1) is 9.12. The van der Waals surface area contributed by atoms with Crippen LogP contribution in [0.2, 0.25) is 0 Å². The molecule has 102 valence electrons. The Morgan fingerprint density at radius 1 is 1.21 bits per heavy atom. The van der Waals surface area contributed by atoms with Crippen LogP contribution >= 0.6 is 0 Å². The molecule has 0 aliphatic carbocycles. The predicted molar refractivity (Wildman–Crippen MR) is 72.1 cm³/mol. The molecule has 0 atom stereocenters. The van der Waals surface area contributed by atoms with Gasteiger partial charge in [-0.1, -0.05) is 19.1 Å². The van der Waals surface area contributed by atoms with Crippen molar-refractivity contribution < 1.29 is 14.3 Å². The van der Waals surface area contributed by atoms with Crippen molar-refractivity contribution in [3.8, 4) is 0 Å². The highest BCUT2D eigenvalue weighted by Crippen LogP contribution is 2.48. The number of rotatable bonds is 2. The first-order valence-electron chi connectivity index (χ1n) is 6.82. The lowest BCUT2D eigenvalue weighted by molar-refractivity contribution is -0.180. The largest absolute Gasteiger partial charge is 0.336 e. The number of ether oxygens (including phenoxy) is 2. The summed E-state index contributed by atoms with van der Waals surface area (Å²) in [6, 6.07) is 4.09. The van der Waals surface area contributed by atoms with Crippen LogP contribution in [0.5, 0.6) is 0 Å². The van der Waals surface area contributed by atoms with Crippen molar-refractivity contribution >= 4 is 11.6 Å². The lowest BCUT2D eigenvalue weighted by atomic mass is 9.98. The number of benzene rings is 1. The van der Waals surface area contributed by atoms with Crippen LogP contribution in [-0.4, -0.2) is 25.7 Å². The minimum atomic E-state index is -1.18. The van der Waals surface area contributed by atoms with E-state index in [2.05, 4.69) is 13.0 Å². The number of aryl methyl sites for hydroxylation is 2. The van der Waals surface area contributed by atoms with Crippen LogP contribution in [0.3, 0.4) is 0 Å². The molecular weight excluding hydrogens is 242 g/mol. The summed E-state index contributed by atoms with van der Waals surface area (Å²) in [5.41, 5.74) is 4.03. The molecule has 0 bridgehead atoms. The molecule has 1 amide bonds. The van der Waals surface area contributed by atoms with E-state index in [-0.39, 0.29) is 5.91 Å². The summed E-state index contributed by atoms with van der Waals surface area (Å²) in [7, 11) is 0. The number of carbonyl (C=O) groups excluding carboxylic acids is 1. The molecule has 0 radical (unpaired) electrons. The third-order valence-corrected chi connectivity index (χ3v) is 3.85. The summed E-state index contributed by atoms with van der Waals surface area (Å²) in [6.07, 6.45) is 0.911. The number of hydrogen-bond acceptors (Lipinski definition) is 3. The fourth-order valence-electron chi connectivity index (χ4n) is 3.06. The fourth-order valence-corrected chi connectivity index (χ4v) is 3.06. The van der Waals surface area contributed by atoms with Gasteiger partial charge < -0.3 is 14.4 Å². The molecule has 2 aliphatic rings. The molecule has 4 heteroatoms. The SMILES string of the molecule is CCCN1C(=O)C2(OCCO2)c2c(C)ccc(C)c21. The van der Waals surface area contributed by atoms with Crippen LogP contribution in [0, 0.1) is 13.8 Å². The Kier molecular flexibility index (Phi) is 2.87. The van der Waals surface area contributed by atoms with Gasteiger partial charge in [0.25, 0.3) is 11.7 Å². The number of carbonyl (C=O) groups is 1. The van der Waals surface area contributed by atoms with E-state index in [9.17, 15) is 4.79 Å². The molecular formula is C15H19NO3. The Bertz CT molecular complexity index is 532. The quantitative estimate of drug-likeness (QED) is 0.819. The minimum absolute atomic E-state index is 0.0701.